The molecule has 16 heavy (non-hydrogen) atoms. The Morgan fingerprint density at radius 1 is 1.19 bits per heavy atom. The first-order valence-electron chi connectivity index (χ1n) is 4.97. The van der Waals surface area contributed by atoms with Gasteiger partial charge in [0.1, 0.15) is 5.75 Å². The molecule has 0 N–H and O–H groups in total. The molecule has 0 aromatic heterocycles. The van der Waals surface area contributed by atoms with Crippen molar-refractivity contribution in [2.75, 3.05) is 13.0 Å². The predicted octanol–water partition coefficient (Wildman–Crippen LogP) is 3.44. The second-order valence-corrected chi connectivity index (χ2v) is 3.57. The van der Waals surface area contributed by atoms with Gasteiger partial charge in [0.15, 0.2) is 0 Å². The minimum absolute atomic E-state index is 0.326. The molecule has 2 aromatic rings. The zero-order valence-electron chi connectivity index (χ0n) is 8.96. The van der Waals surface area contributed by atoms with Gasteiger partial charge in [0.05, 0.1) is 18.6 Å². The van der Waals surface area contributed by atoms with Crippen molar-refractivity contribution in [3.05, 3.63) is 42.0 Å². The van der Waals surface area contributed by atoms with E-state index in [0.717, 1.165) is 22.1 Å². The maximum Gasteiger partial charge on any atom is 0.135 e. The van der Waals surface area contributed by atoms with Gasteiger partial charge in [0, 0.05) is 5.39 Å². The number of hydrogen-bond donors (Lipinski definition) is 0. The predicted molar refractivity (Wildman–Crippen MR) is 68.1 cm³/mol. The van der Waals surface area contributed by atoms with Crippen LogP contribution in [0.1, 0.15) is 5.56 Å². The van der Waals surface area contributed by atoms with Gasteiger partial charge < -0.3 is 4.74 Å². The van der Waals surface area contributed by atoms with Crippen LogP contribution in [0.2, 0.25) is 0 Å². The maximum absolute atomic E-state index is 5.58. The second-order valence-electron chi connectivity index (χ2n) is 3.30. The lowest BCUT2D eigenvalue weighted by Crippen LogP contribution is -1.89. The molecule has 1 nitrogen and oxygen atoms in total. The maximum atomic E-state index is 5.58. The average molecular weight is 231 g/mol. The van der Waals surface area contributed by atoms with E-state index in [2.05, 4.69) is 17.9 Å². The summed E-state index contributed by atoms with van der Waals surface area (Å²) in [5.41, 5.74) is 0.904. The Bertz CT molecular complexity index is 564. The molecule has 0 aliphatic heterocycles. The van der Waals surface area contributed by atoms with E-state index in [9.17, 15) is 0 Å². The lowest BCUT2D eigenvalue weighted by Gasteiger charge is -2.06. The molecule has 0 atom stereocenters. The standard InChI is InChI=1S/C14H11ClO/c1-16-14-9-8-11-5-2-3-6-12(11)13(14)7-4-10-15/h2-3,5-6,8-9H,10H2,1H3. The van der Waals surface area contributed by atoms with E-state index in [1.165, 1.54) is 0 Å². The van der Waals surface area contributed by atoms with Gasteiger partial charge in [-0.15, -0.1) is 11.6 Å². The molecule has 0 saturated heterocycles. The molecule has 0 heterocycles. The number of halogens is 1. The third kappa shape index (κ3) is 1.98. The van der Waals surface area contributed by atoms with Crippen LogP contribution in [-0.4, -0.2) is 13.0 Å². The van der Waals surface area contributed by atoms with Crippen molar-refractivity contribution in [3.63, 3.8) is 0 Å². The Morgan fingerprint density at radius 3 is 2.75 bits per heavy atom. The van der Waals surface area contributed by atoms with Gasteiger partial charge in [-0.3, -0.25) is 0 Å². The SMILES string of the molecule is COc1ccc2ccccc2c1C#CCCl. The van der Waals surface area contributed by atoms with Gasteiger partial charge >= 0.3 is 0 Å². The molecule has 0 spiro atoms. The first-order valence-corrected chi connectivity index (χ1v) is 5.51. The molecule has 0 amide bonds. The summed E-state index contributed by atoms with van der Waals surface area (Å²) in [5.74, 6) is 7.03. The highest BCUT2D eigenvalue weighted by Crippen LogP contribution is 2.26. The van der Waals surface area contributed by atoms with Crippen LogP contribution in [0.4, 0.5) is 0 Å². The first-order chi connectivity index (χ1) is 7.86. The van der Waals surface area contributed by atoms with Crippen LogP contribution < -0.4 is 4.74 Å². The molecular weight excluding hydrogens is 220 g/mol. The smallest absolute Gasteiger partial charge is 0.135 e. The molecular formula is C14H11ClO. The number of fused-ring (bicyclic) bond motifs is 1. The van der Waals surface area contributed by atoms with Crippen LogP contribution in [0.5, 0.6) is 5.75 Å². The van der Waals surface area contributed by atoms with Gasteiger partial charge in [-0.05, 0) is 11.5 Å². The summed E-state index contributed by atoms with van der Waals surface area (Å²) in [5, 5.41) is 2.25. The number of methoxy groups -OCH3 is 1. The quantitative estimate of drug-likeness (QED) is 0.539. The largest absolute Gasteiger partial charge is 0.495 e. The van der Waals surface area contributed by atoms with E-state index >= 15 is 0 Å². The van der Waals surface area contributed by atoms with Crippen LogP contribution in [0.3, 0.4) is 0 Å². The van der Waals surface area contributed by atoms with Gasteiger partial charge in [-0.25, -0.2) is 0 Å². The number of benzene rings is 2. The summed E-state index contributed by atoms with van der Waals surface area (Å²) < 4.78 is 5.30. The fourth-order valence-electron chi connectivity index (χ4n) is 1.67. The highest BCUT2D eigenvalue weighted by atomic mass is 35.5. The third-order valence-corrected chi connectivity index (χ3v) is 2.52. The van der Waals surface area contributed by atoms with Crippen molar-refractivity contribution < 1.29 is 4.74 Å². The van der Waals surface area contributed by atoms with Gasteiger partial charge in [-0.1, -0.05) is 42.2 Å². The van der Waals surface area contributed by atoms with Crippen LogP contribution >= 0.6 is 11.6 Å². The zero-order valence-corrected chi connectivity index (χ0v) is 9.71. The Kier molecular flexibility index (Phi) is 3.34. The van der Waals surface area contributed by atoms with E-state index in [-0.39, 0.29) is 0 Å². The van der Waals surface area contributed by atoms with E-state index in [1.807, 2.05) is 30.3 Å². The summed E-state index contributed by atoms with van der Waals surface area (Å²) in [6.45, 7) is 0. The summed E-state index contributed by atoms with van der Waals surface area (Å²) in [6.07, 6.45) is 0. The lowest BCUT2D eigenvalue weighted by atomic mass is 10.0. The van der Waals surface area contributed by atoms with Gasteiger partial charge in [0.2, 0.25) is 0 Å². The van der Waals surface area contributed by atoms with Crippen LogP contribution in [0.15, 0.2) is 36.4 Å². The van der Waals surface area contributed by atoms with Crippen LogP contribution in [0.25, 0.3) is 10.8 Å². The number of hydrogen-bond acceptors (Lipinski definition) is 1. The minimum atomic E-state index is 0.326. The number of ether oxygens (including phenoxy) is 1. The Labute approximate surface area is 100.0 Å². The third-order valence-electron chi connectivity index (χ3n) is 2.39. The molecule has 0 saturated carbocycles. The fraction of sp³-hybridized carbons (Fsp3) is 0.143. The topological polar surface area (TPSA) is 9.23 Å². The Hall–Kier alpha value is -1.65. The number of rotatable bonds is 1. The molecule has 0 radical (unpaired) electrons. The molecule has 0 unspecified atom stereocenters. The minimum Gasteiger partial charge on any atom is -0.495 e. The van der Waals surface area contributed by atoms with Crippen molar-refractivity contribution in [1.29, 1.82) is 0 Å². The molecule has 2 rings (SSSR count). The highest BCUT2D eigenvalue weighted by Gasteiger charge is 2.04. The van der Waals surface area contributed by atoms with E-state index < -0.39 is 0 Å². The summed E-state index contributed by atoms with van der Waals surface area (Å²) >= 11 is 5.58. The van der Waals surface area contributed by atoms with Gasteiger partial charge in [0.25, 0.3) is 0 Å². The molecule has 0 aliphatic rings. The molecule has 2 aromatic carbocycles. The van der Waals surface area contributed by atoms with Crippen LogP contribution in [0, 0.1) is 11.8 Å². The zero-order chi connectivity index (χ0) is 11.4. The normalized spacial score (nSPS) is 9.62. The van der Waals surface area contributed by atoms with Crippen molar-refractivity contribution >= 4 is 22.4 Å². The van der Waals surface area contributed by atoms with Crippen LogP contribution in [-0.2, 0) is 0 Å². The fourth-order valence-corrected chi connectivity index (χ4v) is 1.74. The molecule has 0 aliphatic carbocycles. The summed E-state index contributed by atoms with van der Waals surface area (Å²) in [4.78, 5) is 0. The lowest BCUT2D eigenvalue weighted by molar-refractivity contribution is 0.414. The van der Waals surface area contributed by atoms with Crippen molar-refractivity contribution in [2.45, 2.75) is 0 Å². The molecule has 0 fully saturated rings. The second kappa shape index (κ2) is 4.92. The number of alkyl halides is 1. The molecule has 0 bridgehead atoms. The Balaban J connectivity index is 2.73. The Morgan fingerprint density at radius 2 is 2.00 bits per heavy atom. The van der Waals surface area contributed by atoms with Crippen molar-refractivity contribution in [2.24, 2.45) is 0 Å². The van der Waals surface area contributed by atoms with E-state index in [4.69, 9.17) is 16.3 Å². The summed E-state index contributed by atoms with van der Waals surface area (Å²) in [6, 6.07) is 12.1. The first kappa shape index (κ1) is 10.9. The van der Waals surface area contributed by atoms with Gasteiger partial charge in [-0.2, -0.15) is 0 Å². The summed E-state index contributed by atoms with van der Waals surface area (Å²) in [7, 11) is 1.65. The molecule has 80 valence electrons. The van der Waals surface area contributed by atoms with E-state index in [0.29, 0.717) is 5.88 Å². The molecule has 2 heteroatoms. The van der Waals surface area contributed by atoms with Crippen molar-refractivity contribution in [3.8, 4) is 17.6 Å². The van der Waals surface area contributed by atoms with E-state index in [1.54, 1.807) is 7.11 Å². The highest BCUT2D eigenvalue weighted by molar-refractivity contribution is 6.19. The monoisotopic (exact) mass is 230 g/mol. The average Bonchev–Trinajstić information content (AvgIpc) is 2.35. The van der Waals surface area contributed by atoms with Crippen molar-refractivity contribution in [1.82, 2.24) is 0 Å².